The van der Waals surface area contributed by atoms with Crippen molar-refractivity contribution in [1.29, 1.82) is 0 Å². The number of para-hydroxylation sites is 2. The summed E-state index contributed by atoms with van der Waals surface area (Å²) in [5.41, 5.74) is 2.34. The van der Waals surface area contributed by atoms with E-state index in [4.69, 9.17) is 4.74 Å². The number of fused-ring (bicyclic) bond motifs is 1. The van der Waals surface area contributed by atoms with E-state index in [-0.39, 0.29) is 17.0 Å². The minimum absolute atomic E-state index is 0.147. The molecule has 0 bridgehead atoms. The Labute approximate surface area is 181 Å². The van der Waals surface area contributed by atoms with Gasteiger partial charge in [0.1, 0.15) is 22.9 Å². The lowest BCUT2D eigenvalue weighted by Gasteiger charge is -2.14. The molecule has 8 heteroatoms. The number of thioether (sulfide) groups is 1. The molecule has 4 rings (SSSR count). The molecule has 0 aliphatic rings. The monoisotopic (exact) mass is 439 g/mol. The first-order chi connectivity index (χ1) is 14.5. The van der Waals surface area contributed by atoms with Gasteiger partial charge < -0.3 is 10.1 Å². The molecule has 0 saturated carbocycles. The van der Waals surface area contributed by atoms with E-state index in [9.17, 15) is 9.18 Å². The number of hydrogen-bond acceptors (Lipinski definition) is 6. The van der Waals surface area contributed by atoms with Gasteiger partial charge in [0.2, 0.25) is 5.91 Å². The van der Waals surface area contributed by atoms with Crippen LogP contribution in [-0.2, 0) is 4.79 Å². The van der Waals surface area contributed by atoms with E-state index in [1.54, 1.807) is 31.4 Å². The highest BCUT2D eigenvalue weighted by Crippen LogP contribution is 2.38. The van der Waals surface area contributed by atoms with Gasteiger partial charge in [-0.3, -0.25) is 4.79 Å². The van der Waals surface area contributed by atoms with Gasteiger partial charge in [-0.1, -0.05) is 36.0 Å². The SMILES string of the molecule is COc1ccccc1NC(=O)C(C)Sc1ncnc2cc(-c3ccc(F)cc3)sc12. The first kappa shape index (κ1) is 20.3. The van der Waals surface area contributed by atoms with E-state index in [1.807, 2.05) is 25.1 Å². The number of anilines is 1. The summed E-state index contributed by atoms with van der Waals surface area (Å²) < 4.78 is 19.4. The van der Waals surface area contributed by atoms with Gasteiger partial charge in [0, 0.05) is 4.88 Å². The van der Waals surface area contributed by atoms with Crippen molar-refractivity contribution in [2.24, 2.45) is 0 Å². The van der Waals surface area contributed by atoms with Crippen molar-refractivity contribution in [2.45, 2.75) is 17.2 Å². The topological polar surface area (TPSA) is 64.1 Å². The third-order valence-corrected chi connectivity index (χ3v) is 6.84. The number of methoxy groups -OCH3 is 1. The van der Waals surface area contributed by atoms with E-state index in [0.717, 1.165) is 25.7 Å². The van der Waals surface area contributed by atoms with Crippen LogP contribution >= 0.6 is 23.1 Å². The second kappa shape index (κ2) is 8.81. The van der Waals surface area contributed by atoms with Crippen molar-refractivity contribution < 1.29 is 13.9 Å². The number of rotatable bonds is 6. The number of nitrogens with zero attached hydrogens (tertiary/aromatic N) is 2. The zero-order chi connectivity index (χ0) is 21.1. The second-order valence-electron chi connectivity index (χ2n) is 6.46. The number of carbonyl (C=O) groups excluding carboxylic acids is 1. The second-order valence-corrected chi connectivity index (χ2v) is 8.84. The van der Waals surface area contributed by atoms with Crippen molar-refractivity contribution in [3.63, 3.8) is 0 Å². The summed E-state index contributed by atoms with van der Waals surface area (Å²) in [6.07, 6.45) is 1.50. The summed E-state index contributed by atoms with van der Waals surface area (Å²) in [5.74, 6) is 0.187. The van der Waals surface area contributed by atoms with Crippen LogP contribution in [0.2, 0.25) is 0 Å². The fourth-order valence-electron chi connectivity index (χ4n) is 2.88. The molecule has 1 unspecified atom stereocenters. The first-order valence-corrected chi connectivity index (χ1v) is 10.9. The van der Waals surface area contributed by atoms with Gasteiger partial charge in [0.25, 0.3) is 0 Å². The molecule has 5 nitrogen and oxygen atoms in total. The van der Waals surface area contributed by atoms with Gasteiger partial charge in [-0.25, -0.2) is 14.4 Å². The number of carbonyl (C=O) groups is 1. The first-order valence-electron chi connectivity index (χ1n) is 9.16. The molecule has 0 fully saturated rings. The molecule has 0 radical (unpaired) electrons. The Morgan fingerprint density at radius 2 is 1.93 bits per heavy atom. The maximum absolute atomic E-state index is 13.2. The summed E-state index contributed by atoms with van der Waals surface area (Å²) >= 11 is 2.90. The van der Waals surface area contributed by atoms with Crippen LogP contribution in [0, 0.1) is 5.82 Å². The van der Waals surface area contributed by atoms with E-state index >= 15 is 0 Å². The highest BCUT2D eigenvalue weighted by Gasteiger charge is 2.19. The Morgan fingerprint density at radius 1 is 1.17 bits per heavy atom. The van der Waals surface area contributed by atoms with E-state index < -0.39 is 0 Å². The number of nitrogens with one attached hydrogen (secondary N) is 1. The maximum Gasteiger partial charge on any atom is 0.237 e. The van der Waals surface area contributed by atoms with Crippen LogP contribution in [-0.4, -0.2) is 28.2 Å². The quantitative estimate of drug-likeness (QED) is 0.312. The van der Waals surface area contributed by atoms with E-state index in [0.29, 0.717) is 11.4 Å². The van der Waals surface area contributed by atoms with Crippen LogP contribution in [0.25, 0.3) is 20.7 Å². The maximum atomic E-state index is 13.2. The molecule has 0 aliphatic heterocycles. The molecule has 2 heterocycles. The smallest absolute Gasteiger partial charge is 0.237 e. The molecule has 1 atom stereocenters. The average Bonchev–Trinajstić information content (AvgIpc) is 3.20. The molecular formula is C22H18FN3O2S2. The lowest BCUT2D eigenvalue weighted by molar-refractivity contribution is -0.115. The molecule has 2 aromatic carbocycles. The van der Waals surface area contributed by atoms with Crippen molar-refractivity contribution in [3.05, 3.63) is 66.7 Å². The van der Waals surface area contributed by atoms with Gasteiger partial charge in [0.15, 0.2) is 0 Å². The molecule has 152 valence electrons. The predicted molar refractivity (Wildman–Crippen MR) is 120 cm³/mol. The largest absolute Gasteiger partial charge is 0.495 e. The average molecular weight is 440 g/mol. The fourth-order valence-corrected chi connectivity index (χ4v) is 4.97. The van der Waals surface area contributed by atoms with E-state index in [2.05, 4.69) is 15.3 Å². The highest BCUT2D eigenvalue weighted by molar-refractivity contribution is 8.00. The van der Waals surface area contributed by atoms with Crippen molar-refractivity contribution in [2.75, 3.05) is 12.4 Å². The lowest BCUT2D eigenvalue weighted by atomic mass is 10.2. The van der Waals surface area contributed by atoms with Crippen LogP contribution < -0.4 is 10.1 Å². The van der Waals surface area contributed by atoms with Crippen LogP contribution in [0.1, 0.15) is 6.92 Å². The fraction of sp³-hybridized carbons (Fsp3) is 0.136. The number of aromatic nitrogens is 2. The number of hydrogen-bond donors (Lipinski definition) is 1. The number of amides is 1. The molecule has 0 aliphatic carbocycles. The van der Waals surface area contributed by atoms with Crippen molar-refractivity contribution in [1.82, 2.24) is 9.97 Å². The van der Waals surface area contributed by atoms with Gasteiger partial charge in [-0.15, -0.1) is 11.3 Å². The van der Waals surface area contributed by atoms with Crippen molar-refractivity contribution in [3.8, 4) is 16.2 Å². The number of thiophene rings is 1. The highest BCUT2D eigenvalue weighted by atomic mass is 32.2. The van der Waals surface area contributed by atoms with Gasteiger partial charge in [-0.2, -0.15) is 0 Å². The number of ether oxygens (including phenoxy) is 1. The summed E-state index contributed by atoms with van der Waals surface area (Å²) in [6, 6.07) is 15.6. The van der Waals surface area contributed by atoms with Crippen LogP contribution in [0.5, 0.6) is 5.75 Å². The normalized spacial score (nSPS) is 12.0. The third kappa shape index (κ3) is 4.29. The third-order valence-electron chi connectivity index (χ3n) is 4.43. The van der Waals surface area contributed by atoms with E-state index in [1.165, 1.54) is 41.6 Å². The predicted octanol–water partition coefficient (Wildman–Crippen LogP) is 5.63. The molecule has 2 aromatic heterocycles. The summed E-state index contributed by atoms with van der Waals surface area (Å²) in [6.45, 7) is 1.83. The lowest BCUT2D eigenvalue weighted by Crippen LogP contribution is -2.22. The zero-order valence-electron chi connectivity index (χ0n) is 16.3. The minimum Gasteiger partial charge on any atom is -0.495 e. The molecule has 4 aromatic rings. The van der Waals surface area contributed by atoms with Crippen LogP contribution in [0.3, 0.4) is 0 Å². The number of halogens is 1. The molecule has 1 N–H and O–H groups in total. The standard InChI is InChI=1S/C22H18FN3O2S2/c1-13(21(27)26-16-5-3-4-6-18(16)28-2)29-22-20-17(24-12-25-22)11-19(30-20)14-7-9-15(23)10-8-14/h3-13H,1-2H3,(H,26,27). The van der Waals surface area contributed by atoms with Crippen LogP contribution in [0.4, 0.5) is 10.1 Å². The molecular weight excluding hydrogens is 421 g/mol. The Bertz CT molecular complexity index is 1190. The minimum atomic E-state index is -0.385. The molecule has 1 amide bonds. The molecule has 0 saturated heterocycles. The Hall–Kier alpha value is -2.97. The summed E-state index contributed by atoms with van der Waals surface area (Å²) in [7, 11) is 1.57. The molecule has 0 spiro atoms. The number of benzene rings is 2. The van der Waals surface area contributed by atoms with Gasteiger partial charge in [0.05, 0.1) is 28.3 Å². The summed E-state index contributed by atoms with van der Waals surface area (Å²) in [4.78, 5) is 22.4. The Balaban J connectivity index is 1.55. The van der Waals surface area contributed by atoms with Gasteiger partial charge in [-0.05, 0) is 42.8 Å². The zero-order valence-corrected chi connectivity index (χ0v) is 17.9. The Kier molecular flexibility index (Phi) is 5.96. The van der Waals surface area contributed by atoms with Crippen LogP contribution in [0.15, 0.2) is 66.0 Å². The van der Waals surface area contributed by atoms with Gasteiger partial charge >= 0.3 is 0 Å². The Morgan fingerprint density at radius 3 is 2.70 bits per heavy atom. The summed E-state index contributed by atoms with van der Waals surface area (Å²) in [5, 5.41) is 3.26. The van der Waals surface area contributed by atoms with Crippen molar-refractivity contribution >= 4 is 44.9 Å². The molecule has 30 heavy (non-hydrogen) atoms.